The number of nitrogens with zero attached hydrogens (tertiary/aromatic N) is 2. The zero-order chi connectivity index (χ0) is 17.6. The van der Waals surface area contributed by atoms with Crippen LogP contribution >= 0.6 is 11.8 Å². The topological polar surface area (TPSA) is 64.0 Å². The molecule has 5 nitrogen and oxygen atoms in total. The first kappa shape index (κ1) is 17.7. The van der Waals surface area contributed by atoms with Crippen LogP contribution in [0.15, 0.2) is 46.5 Å². The van der Waals surface area contributed by atoms with Crippen LogP contribution in [0.4, 0.5) is 0 Å². The van der Waals surface area contributed by atoms with Crippen LogP contribution in [0.3, 0.4) is 0 Å². The molecular weight excluding hydrogens is 334 g/mol. The van der Waals surface area contributed by atoms with Gasteiger partial charge in [-0.1, -0.05) is 43.2 Å². The summed E-state index contributed by atoms with van der Waals surface area (Å²) in [5, 5.41) is 3.42. The third-order valence-corrected chi connectivity index (χ3v) is 5.36. The van der Waals surface area contributed by atoms with Gasteiger partial charge in [0.2, 0.25) is 5.91 Å². The van der Waals surface area contributed by atoms with Crippen molar-refractivity contribution < 1.29 is 4.79 Å². The molecule has 1 fully saturated rings. The third-order valence-electron chi connectivity index (χ3n) is 4.40. The Kier molecular flexibility index (Phi) is 5.91. The Morgan fingerprint density at radius 3 is 2.88 bits per heavy atom. The Morgan fingerprint density at radius 2 is 2.12 bits per heavy atom. The van der Waals surface area contributed by atoms with Gasteiger partial charge in [0.1, 0.15) is 0 Å². The maximum atomic E-state index is 12.6. The number of thioether (sulfide) groups is 1. The molecule has 132 valence electrons. The molecule has 0 aliphatic heterocycles. The molecule has 0 spiro atoms. The van der Waals surface area contributed by atoms with E-state index in [0.29, 0.717) is 5.03 Å². The number of hydrogen-bond donors (Lipinski definition) is 1. The number of aromatic nitrogens is 2. The molecule has 1 amide bonds. The Labute approximate surface area is 151 Å². The number of nitrogens with one attached hydrogen (secondary N) is 1. The maximum absolute atomic E-state index is 12.6. The summed E-state index contributed by atoms with van der Waals surface area (Å²) >= 11 is 1.20. The van der Waals surface area contributed by atoms with Gasteiger partial charge >= 0.3 is 0 Å². The number of carbonyl (C=O) groups excluding carboxylic acids is 1. The summed E-state index contributed by atoms with van der Waals surface area (Å²) in [5.74, 6) is 0.195. The SMILES string of the molecule is Cc1cccc(-n2ccnc(SCC(=O)NC3CCCCC3)c2=O)c1. The predicted molar refractivity (Wildman–Crippen MR) is 100 cm³/mol. The van der Waals surface area contributed by atoms with E-state index in [1.165, 1.54) is 31.0 Å². The highest BCUT2D eigenvalue weighted by Crippen LogP contribution is 2.18. The van der Waals surface area contributed by atoms with Crippen molar-refractivity contribution in [1.29, 1.82) is 0 Å². The minimum atomic E-state index is -0.191. The van der Waals surface area contributed by atoms with E-state index < -0.39 is 0 Å². The highest BCUT2D eigenvalue weighted by atomic mass is 32.2. The summed E-state index contributed by atoms with van der Waals surface area (Å²) in [6.45, 7) is 1.99. The average Bonchev–Trinajstić information content (AvgIpc) is 2.62. The van der Waals surface area contributed by atoms with Gasteiger partial charge in [-0.05, 0) is 37.5 Å². The number of hydrogen-bond acceptors (Lipinski definition) is 4. The minimum Gasteiger partial charge on any atom is -0.353 e. The van der Waals surface area contributed by atoms with Crippen molar-refractivity contribution in [3.63, 3.8) is 0 Å². The lowest BCUT2D eigenvalue weighted by Gasteiger charge is -2.22. The molecule has 1 aromatic carbocycles. The molecule has 0 saturated heterocycles. The summed E-state index contributed by atoms with van der Waals surface area (Å²) < 4.78 is 1.57. The molecular formula is C19H23N3O2S. The molecule has 1 heterocycles. The van der Waals surface area contributed by atoms with Crippen LogP contribution in [0.2, 0.25) is 0 Å². The Balaban J connectivity index is 1.66. The van der Waals surface area contributed by atoms with Crippen molar-refractivity contribution in [2.75, 3.05) is 5.75 Å². The fraction of sp³-hybridized carbons (Fsp3) is 0.421. The van der Waals surface area contributed by atoms with Crippen LogP contribution in [0.5, 0.6) is 0 Å². The fourth-order valence-corrected chi connectivity index (χ4v) is 3.83. The van der Waals surface area contributed by atoms with E-state index in [1.807, 2.05) is 31.2 Å². The van der Waals surface area contributed by atoms with E-state index in [2.05, 4.69) is 10.3 Å². The molecule has 0 radical (unpaired) electrons. The van der Waals surface area contributed by atoms with Crippen molar-refractivity contribution in [1.82, 2.24) is 14.9 Å². The number of aryl methyl sites for hydroxylation is 1. The quantitative estimate of drug-likeness (QED) is 0.835. The monoisotopic (exact) mass is 357 g/mol. The molecule has 0 atom stereocenters. The van der Waals surface area contributed by atoms with Crippen molar-refractivity contribution in [3.8, 4) is 5.69 Å². The van der Waals surface area contributed by atoms with Gasteiger partial charge in [-0.25, -0.2) is 4.98 Å². The van der Waals surface area contributed by atoms with E-state index in [4.69, 9.17) is 0 Å². The van der Waals surface area contributed by atoms with Crippen molar-refractivity contribution in [2.24, 2.45) is 0 Å². The first-order valence-corrected chi connectivity index (χ1v) is 9.69. The molecule has 3 rings (SSSR count). The first-order chi connectivity index (χ1) is 12.1. The molecule has 2 aromatic rings. The number of amides is 1. The minimum absolute atomic E-state index is 0.0240. The number of carbonyl (C=O) groups is 1. The van der Waals surface area contributed by atoms with Crippen LogP contribution in [0.25, 0.3) is 5.69 Å². The van der Waals surface area contributed by atoms with Crippen LogP contribution < -0.4 is 10.9 Å². The van der Waals surface area contributed by atoms with E-state index in [0.717, 1.165) is 24.1 Å². The zero-order valence-electron chi connectivity index (χ0n) is 14.4. The molecule has 1 N–H and O–H groups in total. The maximum Gasteiger partial charge on any atom is 0.287 e. The van der Waals surface area contributed by atoms with Gasteiger partial charge in [0.05, 0.1) is 5.75 Å². The van der Waals surface area contributed by atoms with Crippen molar-refractivity contribution >= 4 is 17.7 Å². The largest absolute Gasteiger partial charge is 0.353 e. The zero-order valence-corrected chi connectivity index (χ0v) is 15.2. The smallest absolute Gasteiger partial charge is 0.287 e. The lowest BCUT2D eigenvalue weighted by atomic mass is 9.95. The predicted octanol–water partition coefficient (Wildman–Crippen LogP) is 3.08. The fourth-order valence-electron chi connectivity index (χ4n) is 3.12. The van der Waals surface area contributed by atoms with Gasteiger partial charge < -0.3 is 5.32 Å². The normalized spacial score (nSPS) is 15.1. The Morgan fingerprint density at radius 1 is 1.32 bits per heavy atom. The second-order valence-electron chi connectivity index (χ2n) is 6.44. The highest BCUT2D eigenvalue weighted by molar-refractivity contribution is 7.99. The van der Waals surface area contributed by atoms with Gasteiger partial charge in [-0.2, -0.15) is 0 Å². The van der Waals surface area contributed by atoms with Crippen LogP contribution in [0, 0.1) is 6.92 Å². The van der Waals surface area contributed by atoms with E-state index in [-0.39, 0.29) is 23.3 Å². The van der Waals surface area contributed by atoms with Crippen molar-refractivity contribution in [3.05, 3.63) is 52.6 Å². The molecule has 1 saturated carbocycles. The first-order valence-electron chi connectivity index (χ1n) is 8.70. The van der Waals surface area contributed by atoms with Gasteiger partial charge in [0.25, 0.3) is 5.56 Å². The Hall–Kier alpha value is -2.08. The third kappa shape index (κ3) is 4.72. The molecule has 0 unspecified atom stereocenters. The lowest BCUT2D eigenvalue weighted by Crippen LogP contribution is -2.37. The van der Waals surface area contributed by atoms with Crippen LogP contribution in [-0.4, -0.2) is 27.3 Å². The molecule has 6 heteroatoms. The van der Waals surface area contributed by atoms with E-state index in [1.54, 1.807) is 17.0 Å². The standard InChI is InChI=1S/C19H23N3O2S/c1-14-6-5-9-16(12-14)22-11-10-20-18(19(22)24)25-13-17(23)21-15-7-3-2-4-8-15/h5-6,9-12,15H,2-4,7-8,13H2,1H3,(H,21,23). The van der Waals surface area contributed by atoms with Crippen LogP contribution in [-0.2, 0) is 4.79 Å². The molecule has 1 aliphatic carbocycles. The summed E-state index contributed by atoms with van der Waals surface area (Å²) in [6, 6.07) is 8.03. The summed E-state index contributed by atoms with van der Waals surface area (Å²) in [6.07, 6.45) is 8.99. The number of rotatable bonds is 5. The van der Waals surface area contributed by atoms with Gasteiger partial charge in [0, 0.05) is 24.1 Å². The summed E-state index contributed by atoms with van der Waals surface area (Å²) in [5.41, 5.74) is 1.70. The molecule has 25 heavy (non-hydrogen) atoms. The van der Waals surface area contributed by atoms with E-state index in [9.17, 15) is 9.59 Å². The average molecular weight is 357 g/mol. The number of benzene rings is 1. The van der Waals surface area contributed by atoms with Gasteiger partial charge in [-0.3, -0.25) is 14.2 Å². The van der Waals surface area contributed by atoms with Crippen LogP contribution in [0.1, 0.15) is 37.7 Å². The highest BCUT2D eigenvalue weighted by Gasteiger charge is 2.16. The Bertz CT molecular complexity index is 797. The summed E-state index contributed by atoms with van der Waals surface area (Å²) in [7, 11) is 0. The van der Waals surface area contributed by atoms with E-state index >= 15 is 0 Å². The van der Waals surface area contributed by atoms with Gasteiger partial charge in [-0.15, -0.1) is 0 Å². The summed E-state index contributed by atoms with van der Waals surface area (Å²) in [4.78, 5) is 28.9. The molecule has 1 aromatic heterocycles. The molecule has 0 bridgehead atoms. The molecule has 1 aliphatic rings. The second kappa shape index (κ2) is 8.34. The second-order valence-corrected chi connectivity index (χ2v) is 7.40. The lowest BCUT2D eigenvalue weighted by molar-refractivity contribution is -0.119. The van der Waals surface area contributed by atoms with Gasteiger partial charge in [0.15, 0.2) is 5.03 Å². The van der Waals surface area contributed by atoms with Crippen molar-refractivity contribution in [2.45, 2.75) is 50.1 Å².